The first-order valence-corrected chi connectivity index (χ1v) is 6.88. The van der Waals surface area contributed by atoms with Crippen LogP contribution >= 0.6 is 24.0 Å². The van der Waals surface area contributed by atoms with Gasteiger partial charge in [0.2, 0.25) is 10.0 Å². The second kappa shape index (κ2) is 7.61. The van der Waals surface area contributed by atoms with Gasteiger partial charge in [-0.3, -0.25) is 10.1 Å². The van der Waals surface area contributed by atoms with Crippen molar-refractivity contribution in [1.29, 1.82) is 0 Å². The molecule has 108 valence electrons. The van der Waals surface area contributed by atoms with Gasteiger partial charge in [-0.05, 0) is 25.1 Å². The van der Waals surface area contributed by atoms with E-state index in [9.17, 15) is 18.5 Å². The maximum absolute atomic E-state index is 11.9. The third kappa shape index (κ3) is 4.92. The minimum Gasteiger partial charge on any atom is -0.330 e. The van der Waals surface area contributed by atoms with Crippen molar-refractivity contribution < 1.29 is 13.3 Å². The molecule has 3 N–H and O–H groups in total. The van der Waals surface area contributed by atoms with Crippen molar-refractivity contribution in [2.45, 2.75) is 11.3 Å². The monoisotopic (exact) mass is 329 g/mol. The van der Waals surface area contributed by atoms with Crippen molar-refractivity contribution in [1.82, 2.24) is 4.72 Å². The van der Waals surface area contributed by atoms with Gasteiger partial charge >= 0.3 is 0 Å². The molecule has 7 nitrogen and oxygen atoms in total. The molecular formula is C9H13Cl2N3O4S. The Bertz CT molecular complexity index is 550. The average Bonchev–Trinajstić information content (AvgIpc) is 2.28. The molecule has 0 heterocycles. The first kappa shape index (κ1) is 18.1. The van der Waals surface area contributed by atoms with Crippen molar-refractivity contribution >= 4 is 39.7 Å². The Hall–Kier alpha value is -0.930. The number of nitrogens with zero attached hydrogens (tertiary/aromatic N) is 1. The van der Waals surface area contributed by atoms with Gasteiger partial charge in [0.25, 0.3) is 5.69 Å². The molecule has 1 aromatic rings. The zero-order valence-electron chi connectivity index (χ0n) is 9.71. The van der Waals surface area contributed by atoms with E-state index in [0.717, 1.165) is 12.1 Å². The van der Waals surface area contributed by atoms with E-state index < -0.39 is 25.5 Å². The fourth-order valence-electron chi connectivity index (χ4n) is 1.24. The third-order valence-electron chi connectivity index (χ3n) is 2.08. The van der Waals surface area contributed by atoms with Crippen molar-refractivity contribution in [2.75, 3.05) is 13.1 Å². The molecule has 0 amide bonds. The highest BCUT2D eigenvalue weighted by Gasteiger charge is 2.25. The Morgan fingerprint density at radius 3 is 2.58 bits per heavy atom. The minimum absolute atomic E-state index is 0. The Morgan fingerprint density at radius 2 is 2.05 bits per heavy atom. The molecule has 1 rings (SSSR count). The van der Waals surface area contributed by atoms with Gasteiger partial charge in [-0.1, -0.05) is 11.6 Å². The highest BCUT2D eigenvalue weighted by atomic mass is 35.5. The van der Waals surface area contributed by atoms with Gasteiger partial charge in [0.1, 0.15) is 0 Å². The predicted octanol–water partition coefficient (Wildman–Crippen LogP) is 1.30. The molecule has 0 aromatic heterocycles. The lowest BCUT2D eigenvalue weighted by molar-refractivity contribution is -0.387. The lowest BCUT2D eigenvalue weighted by Gasteiger charge is -2.07. The number of hydrogen-bond donors (Lipinski definition) is 2. The van der Waals surface area contributed by atoms with E-state index in [1.165, 1.54) is 6.07 Å². The zero-order chi connectivity index (χ0) is 13.8. The molecule has 0 atom stereocenters. The van der Waals surface area contributed by atoms with Crippen LogP contribution in [0.15, 0.2) is 23.1 Å². The Kier molecular flexibility index (Phi) is 7.24. The summed E-state index contributed by atoms with van der Waals surface area (Å²) in [6.45, 7) is 0.433. The van der Waals surface area contributed by atoms with Gasteiger partial charge in [0.05, 0.1) is 4.92 Å². The zero-order valence-corrected chi connectivity index (χ0v) is 12.1. The van der Waals surface area contributed by atoms with E-state index in [-0.39, 0.29) is 24.0 Å². The van der Waals surface area contributed by atoms with E-state index in [2.05, 4.69) is 4.72 Å². The second-order valence-electron chi connectivity index (χ2n) is 3.41. The molecule has 0 spiro atoms. The van der Waals surface area contributed by atoms with Crippen LogP contribution < -0.4 is 10.5 Å². The number of halogens is 2. The van der Waals surface area contributed by atoms with E-state index in [4.69, 9.17) is 17.3 Å². The first-order valence-electron chi connectivity index (χ1n) is 5.02. The summed E-state index contributed by atoms with van der Waals surface area (Å²) < 4.78 is 26.0. The number of nitrogens with one attached hydrogen (secondary N) is 1. The number of benzene rings is 1. The molecule has 0 bridgehead atoms. The number of nitrogens with two attached hydrogens (primary N) is 1. The maximum Gasteiger partial charge on any atom is 0.289 e. The summed E-state index contributed by atoms with van der Waals surface area (Å²) in [5, 5.41) is 10.9. The number of nitro benzene ring substituents is 1. The molecule has 10 heteroatoms. The molecule has 19 heavy (non-hydrogen) atoms. The van der Waals surface area contributed by atoms with Crippen LogP contribution in [0.5, 0.6) is 0 Å². The molecule has 0 unspecified atom stereocenters. The summed E-state index contributed by atoms with van der Waals surface area (Å²) in [6, 6.07) is 3.36. The van der Waals surface area contributed by atoms with Crippen LogP contribution in [0.2, 0.25) is 5.02 Å². The Balaban J connectivity index is 0.00000324. The van der Waals surface area contributed by atoms with Crippen molar-refractivity contribution in [2.24, 2.45) is 5.73 Å². The molecule has 0 aliphatic heterocycles. The summed E-state index contributed by atoms with van der Waals surface area (Å²) in [7, 11) is -3.96. The van der Waals surface area contributed by atoms with E-state index in [1.54, 1.807) is 0 Å². The van der Waals surface area contributed by atoms with Crippen molar-refractivity contribution in [3.8, 4) is 0 Å². The molecular weight excluding hydrogens is 317 g/mol. The number of nitro groups is 1. The molecule has 1 aromatic carbocycles. The summed E-state index contributed by atoms with van der Waals surface area (Å²) in [5.41, 5.74) is 4.72. The summed E-state index contributed by atoms with van der Waals surface area (Å²) in [4.78, 5) is 9.54. The number of rotatable bonds is 6. The summed E-state index contributed by atoms with van der Waals surface area (Å²) in [6.07, 6.45) is 0.438. The maximum atomic E-state index is 11.9. The van der Waals surface area contributed by atoms with E-state index in [1.807, 2.05) is 0 Å². The van der Waals surface area contributed by atoms with Gasteiger partial charge in [0.15, 0.2) is 4.90 Å². The van der Waals surface area contributed by atoms with Crippen LogP contribution in [0.4, 0.5) is 5.69 Å². The topological polar surface area (TPSA) is 115 Å². The van der Waals surface area contributed by atoms with E-state index >= 15 is 0 Å². The molecule has 0 saturated heterocycles. The average molecular weight is 330 g/mol. The normalized spacial score (nSPS) is 10.8. The number of hydrogen-bond acceptors (Lipinski definition) is 5. The fourth-order valence-corrected chi connectivity index (χ4v) is 2.75. The molecule has 0 radical (unpaired) electrons. The molecule has 0 saturated carbocycles. The van der Waals surface area contributed by atoms with Crippen molar-refractivity contribution in [3.63, 3.8) is 0 Å². The fraction of sp³-hybridized carbons (Fsp3) is 0.333. The molecule has 0 aliphatic carbocycles. The summed E-state index contributed by atoms with van der Waals surface area (Å²) >= 11 is 5.65. The van der Waals surface area contributed by atoms with Crippen LogP contribution in [0.1, 0.15) is 6.42 Å². The first-order chi connectivity index (χ1) is 8.38. The van der Waals surface area contributed by atoms with Gasteiger partial charge in [-0.2, -0.15) is 0 Å². The van der Waals surface area contributed by atoms with Crippen LogP contribution in [0.25, 0.3) is 0 Å². The minimum atomic E-state index is -3.96. The largest absolute Gasteiger partial charge is 0.330 e. The van der Waals surface area contributed by atoms with Crippen molar-refractivity contribution in [3.05, 3.63) is 33.3 Å². The standard InChI is InChI=1S/C9H12ClN3O4S.ClH/c10-7-2-3-8(13(14)15)9(6-7)18(16,17)12-5-1-4-11;/h2-3,6,12H,1,4-5,11H2;1H. The summed E-state index contributed by atoms with van der Waals surface area (Å²) in [5.74, 6) is 0. The van der Waals surface area contributed by atoms with Gasteiger partial charge in [-0.25, -0.2) is 13.1 Å². The second-order valence-corrected chi connectivity index (χ2v) is 5.58. The molecule has 0 fully saturated rings. The highest BCUT2D eigenvalue weighted by molar-refractivity contribution is 7.89. The predicted molar refractivity (Wildman–Crippen MR) is 74.2 cm³/mol. The lowest BCUT2D eigenvalue weighted by Crippen LogP contribution is -2.26. The van der Waals surface area contributed by atoms with Gasteiger partial charge < -0.3 is 5.73 Å². The van der Waals surface area contributed by atoms with E-state index in [0.29, 0.717) is 13.0 Å². The van der Waals surface area contributed by atoms with Crippen LogP contribution in [0, 0.1) is 10.1 Å². The Labute approximate surface area is 121 Å². The smallest absolute Gasteiger partial charge is 0.289 e. The SMILES string of the molecule is Cl.NCCCNS(=O)(=O)c1cc(Cl)ccc1[N+](=O)[O-]. The third-order valence-corrected chi connectivity index (χ3v) is 3.81. The van der Waals surface area contributed by atoms with Gasteiger partial charge in [-0.15, -0.1) is 12.4 Å². The van der Waals surface area contributed by atoms with Crippen LogP contribution in [0.3, 0.4) is 0 Å². The van der Waals surface area contributed by atoms with Gasteiger partial charge in [0, 0.05) is 17.6 Å². The quantitative estimate of drug-likeness (QED) is 0.463. The Morgan fingerprint density at radius 1 is 1.42 bits per heavy atom. The van der Waals surface area contributed by atoms with Crippen LogP contribution in [-0.4, -0.2) is 26.4 Å². The van der Waals surface area contributed by atoms with Crippen LogP contribution in [-0.2, 0) is 10.0 Å². The molecule has 0 aliphatic rings. The number of sulfonamides is 1. The highest BCUT2D eigenvalue weighted by Crippen LogP contribution is 2.26. The lowest BCUT2D eigenvalue weighted by atomic mass is 10.3.